The summed E-state index contributed by atoms with van der Waals surface area (Å²) in [5.41, 5.74) is 0. The summed E-state index contributed by atoms with van der Waals surface area (Å²) in [7, 11) is 0. The highest BCUT2D eigenvalue weighted by Crippen LogP contribution is 2.15. The highest BCUT2D eigenvalue weighted by molar-refractivity contribution is 6.65. The van der Waals surface area contributed by atoms with Crippen molar-refractivity contribution in [2.45, 2.75) is 32.4 Å². The standard InChI is InChI=1S/C7H11ClF3N/c1-2-3-4-6(8)12-5-7(9,10)11/h2-5H2,1H3. The molecule has 0 radical (unpaired) electrons. The maximum absolute atomic E-state index is 11.6. The summed E-state index contributed by atoms with van der Waals surface area (Å²) in [6.07, 6.45) is -2.13. The van der Waals surface area contributed by atoms with Gasteiger partial charge in [0, 0.05) is 6.42 Å². The molecule has 5 heteroatoms. The van der Waals surface area contributed by atoms with Crippen molar-refractivity contribution in [2.24, 2.45) is 4.99 Å². The summed E-state index contributed by atoms with van der Waals surface area (Å²) in [6, 6.07) is 0. The molecule has 0 rings (SSSR count). The monoisotopic (exact) mass is 201 g/mol. The van der Waals surface area contributed by atoms with E-state index < -0.39 is 12.7 Å². The Kier molecular flexibility index (Phi) is 5.29. The van der Waals surface area contributed by atoms with E-state index in [1.54, 1.807) is 0 Å². The zero-order valence-electron chi connectivity index (χ0n) is 6.79. The van der Waals surface area contributed by atoms with Crippen LogP contribution in [-0.2, 0) is 0 Å². The predicted molar refractivity (Wildman–Crippen MR) is 43.7 cm³/mol. The predicted octanol–water partition coefficient (Wildman–Crippen LogP) is 3.38. The molecular weight excluding hydrogens is 191 g/mol. The first-order chi connectivity index (χ1) is 5.45. The normalized spacial score (nSPS) is 13.6. The Balaban J connectivity index is 3.69. The average Bonchev–Trinajstić information content (AvgIpc) is 1.95. The van der Waals surface area contributed by atoms with E-state index in [9.17, 15) is 13.2 Å². The van der Waals surface area contributed by atoms with Crippen molar-refractivity contribution in [3.8, 4) is 0 Å². The molecule has 0 aromatic carbocycles. The Bertz CT molecular complexity index is 153. The quantitative estimate of drug-likeness (QED) is 0.619. The van der Waals surface area contributed by atoms with Gasteiger partial charge in [0.15, 0.2) is 0 Å². The van der Waals surface area contributed by atoms with Crippen LogP contribution in [0, 0.1) is 0 Å². The lowest BCUT2D eigenvalue weighted by Crippen LogP contribution is -2.12. The number of halogens is 4. The third-order valence-electron chi connectivity index (χ3n) is 1.17. The molecule has 0 amide bonds. The van der Waals surface area contributed by atoms with Crippen molar-refractivity contribution < 1.29 is 13.2 Å². The van der Waals surface area contributed by atoms with E-state index in [0.717, 1.165) is 12.8 Å². The van der Waals surface area contributed by atoms with Crippen molar-refractivity contribution in [1.82, 2.24) is 0 Å². The van der Waals surface area contributed by atoms with Crippen molar-refractivity contribution >= 4 is 16.8 Å². The number of alkyl halides is 3. The molecule has 0 bridgehead atoms. The first-order valence-electron chi connectivity index (χ1n) is 3.71. The van der Waals surface area contributed by atoms with Gasteiger partial charge in [-0.2, -0.15) is 13.2 Å². The third kappa shape index (κ3) is 7.85. The summed E-state index contributed by atoms with van der Waals surface area (Å²) >= 11 is 5.42. The van der Waals surface area contributed by atoms with E-state index >= 15 is 0 Å². The molecule has 0 heterocycles. The summed E-state index contributed by atoms with van der Waals surface area (Å²) in [5, 5.41) is 0.0641. The molecule has 0 spiro atoms. The fraction of sp³-hybridized carbons (Fsp3) is 0.857. The van der Waals surface area contributed by atoms with Crippen LogP contribution in [-0.4, -0.2) is 17.9 Å². The molecule has 0 saturated carbocycles. The summed E-state index contributed by atoms with van der Waals surface area (Å²) in [5.74, 6) is 0. The Morgan fingerprint density at radius 3 is 2.42 bits per heavy atom. The molecule has 12 heavy (non-hydrogen) atoms. The molecule has 0 unspecified atom stereocenters. The first kappa shape index (κ1) is 11.8. The van der Waals surface area contributed by atoms with E-state index in [1.165, 1.54) is 0 Å². The molecule has 0 N–H and O–H groups in total. The van der Waals surface area contributed by atoms with Gasteiger partial charge in [-0.1, -0.05) is 24.9 Å². The molecule has 0 fully saturated rings. The smallest absolute Gasteiger partial charge is 0.268 e. The van der Waals surface area contributed by atoms with Crippen LogP contribution in [0.4, 0.5) is 13.2 Å². The van der Waals surface area contributed by atoms with Crippen molar-refractivity contribution in [3.05, 3.63) is 0 Å². The zero-order valence-corrected chi connectivity index (χ0v) is 7.54. The molecule has 0 aliphatic carbocycles. The van der Waals surface area contributed by atoms with Crippen LogP contribution in [0.3, 0.4) is 0 Å². The average molecular weight is 202 g/mol. The first-order valence-corrected chi connectivity index (χ1v) is 4.09. The van der Waals surface area contributed by atoms with E-state index in [2.05, 4.69) is 4.99 Å². The molecule has 1 nitrogen and oxygen atoms in total. The molecule has 0 aromatic rings. The molecule has 0 aliphatic heterocycles. The fourth-order valence-corrected chi connectivity index (χ4v) is 0.771. The lowest BCUT2D eigenvalue weighted by Gasteiger charge is -2.01. The van der Waals surface area contributed by atoms with Gasteiger partial charge in [-0.05, 0) is 6.42 Å². The van der Waals surface area contributed by atoms with Crippen molar-refractivity contribution in [3.63, 3.8) is 0 Å². The van der Waals surface area contributed by atoms with Crippen LogP contribution in [0.5, 0.6) is 0 Å². The van der Waals surface area contributed by atoms with Gasteiger partial charge in [0.05, 0.1) is 0 Å². The van der Waals surface area contributed by atoms with Crippen LogP contribution in [0.2, 0.25) is 0 Å². The van der Waals surface area contributed by atoms with E-state index in [1.807, 2.05) is 6.92 Å². The molecule has 0 aliphatic rings. The maximum Gasteiger partial charge on any atom is 0.407 e. The third-order valence-corrected chi connectivity index (χ3v) is 1.48. The Hall–Kier alpha value is -0.250. The maximum atomic E-state index is 11.6. The van der Waals surface area contributed by atoms with Gasteiger partial charge >= 0.3 is 6.18 Å². The van der Waals surface area contributed by atoms with Gasteiger partial charge in [-0.15, -0.1) is 0 Å². The summed E-state index contributed by atoms with van der Waals surface area (Å²) < 4.78 is 34.7. The van der Waals surface area contributed by atoms with Crippen LogP contribution in [0.1, 0.15) is 26.2 Å². The topological polar surface area (TPSA) is 12.4 Å². The SMILES string of the molecule is CCCCC(Cl)=NCC(F)(F)F. The minimum absolute atomic E-state index is 0.0641. The minimum Gasteiger partial charge on any atom is -0.268 e. The van der Waals surface area contributed by atoms with Crippen LogP contribution in [0.15, 0.2) is 4.99 Å². The molecule has 0 atom stereocenters. The lowest BCUT2D eigenvalue weighted by molar-refractivity contribution is -0.118. The Labute approximate surface area is 74.6 Å². The zero-order chi connectivity index (χ0) is 9.61. The second kappa shape index (κ2) is 5.41. The molecular formula is C7H11ClF3N. The van der Waals surface area contributed by atoms with Crippen molar-refractivity contribution in [2.75, 3.05) is 6.54 Å². The van der Waals surface area contributed by atoms with Crippen LogP contribution < -0.4 is 0 Å². The van der Waals surface area contributed by atoms with E-state index in [0.29, 0.717) is 6.42 Å². The minimum atomic E-state index is -4.24. The number of hydrogen-bond acceptors (Lipinski definition) is 1. The molecule has 0 saturated heterocycles. The molecule has 72 valence electrons. The number of aliphatic imine (C=N–C) groups is 1. The van der Waals surface area contributed by atoms with Gasteiger partial charge < -0.3 is 0 Å². The Morgan fingerprint density at radius 2 is 2.00 bits per heavy atom. The van der Waals surface area contributed by atoms with Gasteiger partial charge in [0.25, 0.3) is 0 Å². The largest absolute Gasteiger partial charge is 0.407 e. The van der Waals surface area contributed by atoms with Gasteiger partial charge in [0.2, 0.25) is 0 Å². The van der Waals surface area contributed by atoms with Gasteiger partial charge in [-0.3, -0.25) is 4.99 Å². The van der Waals surface area contributed by atoms with Crippen LogP contribution >= 0.6 is 11.6 Å². The van der Waals surface area contributed by atoms with Crippen molar-refractivity contribution in [1.29, 1.82) is 0 Å². The van der Waals surface area contributed by atoms with E-state index in [4.69, 9.17) is 11.6 Å². The number of nitrogens with zero attached hydrogens (tertiary/aromatic N) is 1. The second-order valence-electron chi connectivity index (χ2n) is 2.41. The number of hydrogen-bond donors (Lipinski definition) is 0. The van der Waals surface area contributed by atoms with Gasteiger partial charge in [-0.25, -0.2) is 0 Å². The number of rotatable bonds is 4. The highest BCUT2D eigenvalue weighted by Gasteiger charge is 2.26. The Morgan fingerprint density at radius 1 is 1.42 bits per heavy atom. The van der Waals surface area contributed by atoms with E-state index in [-0.39, 0.29) is 5.17 Å². The second-order valence-corrected chi connectivity index (χ2v) is 2.85. The summed E-state index contributed by atoms with van der Waals surface area (Å²) in [6.45, 7) is 0.767. The van der Waals surface area contributed by atoms with Crippen LogP contribution in [0.25, 0.3) is 0 Å². The lowest BCUT2D eigenvalue weighted by atomic mass is 10.3. The van der Waals surface area contributed by atoms with Gasteiger partial charge in [0.1, 0.15) is 11.7 Å². The molecule has 0 aromatic heterocycles. The highest BCUT2D eigenvalue weighted by atomic mass is 35.5. The number of unbranched alkanes of at least 4 members (excludes halogenated alkanes) is 1. The summed E-state index contributed by atoms with van der Waals surface area (Å²) in [4.78, 5) is 3.19. The fourth-order valence-electron chi connectivity index (χ4n) is 0.577.